The number of anilines is 4. The van der Waals surface area contributed by atoms with Gasteiger partial charge in [-0.25, -0.2) is 9.50 Å². The Hall–Kier alpha value is -3.82. The Kier molecular flexibility index (Phi) is 5.61. The molecule has 10 heteroatoms. The van der Waals surface area contributed by atoms with E-state index in [0.717, 1.165) is 43.6 Å². The second-order valence-electron chi connectivity index (χ2n) is 7.38. The minimum atomic E-state index is -0.613. The average Bonchev–Trinajstić information content (AvgIpc) is 3.23. The van der Waals surface area contributed by atoms with E-state index in [1.165, 1.54) is 10.7 Å². The predicted molar refractivity (Wildman–Crippen MR) is 118 cm³/mol. The van der Waals surface area contributed by atoms with Crippen LogP contribution in [0.5, 0.6) is 5.75 Å². The standard InChI is InChI=1S/C21H25N7O3/c1-23-15-10-18(26-28-17(20(22)30)11-24-21(15)28)25-14-4-3-5-16(19(14)31-2)27-8-6-13(12-29)7-9-27/h3-5,10-13,23H,6-9H2,1-2H3,(H2,22,30)(H,25,26). The average molecular weight is 423 g/mol. The van der Waals surface area contributed by atoms with Gasteiger partial charge >= 0.3 is 0 Å². The summed E-state index contributed by atoms with van der Waals surface area (Å²) in [5, 5.41) is 10.8. The molecular formula is C21H25N7O3. The van der Waals surface area contributed by atoms with E-state index in [9.17, 15) is 9.59 Å². The molecule has 4 N–H and O–H groups in total. The number of aromatic nitrogens is 3. The molecule has 0 radical (unpaired) electrons. The second kappa shape index (κ2) is 8.50. The number of fused-ring (bicyclic) bond motifs is 1. The van der Waals surface area contributed by atoms with E-state index in [1.807, 2.05) is 18.2 Å². The Morgan fingerprint density at radius 3 is 2.71 bits per heavy atom. The number of ether oxygens (including phenoxy) is 1. The number of rotatable bonds is 7. The first-order chi connectivity index (χ1) is 15.0. The number of aldehydes is 1. The lowest BCUT2D eigenvalue weighted by Gasteiger charge is -2.33. The van der Waals surface area contributed by atoms with Crippen molar-refractivity contribution in [1.82, 2.24) is 14.6 Å². The Morgan fingerprint density at radius 2 is 2.06 bits per heavy atom. The van der Waals surface area contributed by atoms with Crippen molar-refractivity contribution < 1.29 is 14.3 Å². The fourth-order valence-corrected chi connectivity index (χ4v) is 3.88. The van der Waals surface area contributed by atoms with Crippen molar-refractivity contribution >= 4 is 40.7 Å². The topological polar surface area (TPSA) is 127 Å². The Bertz CT molecular complexity index is 1120. The predicted octanol–water partition coefficient (Wildman–Crippen LogP) is 2.04. The van der Waals surface area contributed by atoms with Crippen LogP contribution in [0, 0.1) is 5.92 Å². The molecule has 0 unspecified atom stereocenters. The monoisotopic (exact) mass is 423 g/mol. The molecule has 0 saturated carbocycles. The zero-order chi connectivity index (χ0) is 22.0. The van der Waals surface area contributed by atoms with Crippen molar-refractivity contribution in [3.05, 3.63) is 36.2 Å². The highest BCUT2D eigenvalue weighted by atomic mass is 16.5. The number of piperidine rings is 1. The van der Waals surface area contributed by atoms with Gasteiger partial charge in [0.15, 0.2) is 17.2 Å². The molecule has 2 aromatic heterocycles. The first kappa shape index (κ1) is 20.5. The number of amides is 1. The van der Waals surface area contributed by atoms with Gasteiger partial charge in [0, 0.05) is 32.1 Å². The first-order valence-electron chi connectivity index (χ1n) is 10.1. The van der Waals surface area contributed by atoms with Crippen molar-refractivity contribution in [2.24, 2.45) is 11.7 Å². The van der Waals surface area contributed by atoms with E-state index in [1.54, 1.807) is 20.2 Å². The summed E-state index contributed by atoms with van der Waals surface area (Å²) in [6.07, 6.45) is 4.10. The number of primary amides is 1. The van der Waals surface area contributed by atoms with E-state index in [2.05, 4.69) is 25.6 Å². The largest absolute Gasteiger partial charge is 0.492 e. The molecule has 0 atom stereocenters. The first-order valence-corrected chi connectivity index (χ1v) is 10.1. The van der Waals surface area contributed by atoms with Gasteiger partial charge < -0.3 is 30.8 Å². The molecule has 31 heavy (non-hydrogen) atoms. The van der Waals surface area contributed by atoms with Gasteiger partial charge in [-0.3, -0.25) is 4.79 Å². The maximum Gasteiger partial charge on any atom is 0.269 e. The molecule has 3 aromatic rings. The van der Waals surface area contributed by atoms with Crippen molar-refractivity contribution in [3.63, 3.8) is 0 Å². The van der Waals surface area contributed by atoms with Gasteiger partial charge in [0.2, 0.25) is 0 Å². The number of imidazole rings is 1. The molecule has 0 bridgehead atoms. The van der Waals surface area contributed by atoms with Crippen LogP contribution in [0.3, 0.4) is 0 Å². The van der Waals surface area contributed by atoms with E-state index >= 15 is 0 Å². The van der Waals surface area contributed by atoms with Gasteiger partial charge in [-0.1, -0.05) is 6.07 Å². The number of hydrogen-bond donors (Lipinski definition) is 3. The molecule has 1 amide bonds. The Morgan fingerprint density at radius 1 is 1.29 bits per heavy atom. The fraction of sp³-hybridized carbons (Fsp3) is 0.333. The number of nitrogens with zero attached hydrogens (tertiary/aromatic N) is 4. The van der Waals surface area contributed by atoms with Gasteiger partial charge in [-0.15, -0.1) is 5.10 Å². The summed E-state index contributed by atoms with van der Waals surface area (Å²) in [7, 11) is 3.39. The van der Waals surface area contributed by atoms with Crippen LogP contribution in [0.2, 0.25) is 0 Å². The maximum absolute atomic E-state index is 11.7. The van der Waals surface area contributed by atoms with Crippen LogP contribution in [0.25, 0.3) is 5.65 Å². The van der Waals surface area contributed by atoms with Crippen LogP contribution in [-0.2, 0) is 4.79 Å². The number of benzene rings is 1. The smallest absolute Gasteiger partial charge is 0.269 e. The SMILES string of the molecule is CNc1cc(Nc2cccc(N3CCC(C=O)CC3)c2OC)nn2c(C(N)=O)cnc12. The van der Waals surface area contributed by atoms with Crippen LogP contribution in [-0.4, -0.2) is 54.0 Å². The molecule has 1 saturated heterocycles. The molecular weight excluding hydrogens is 398 g/mol. The Balaban J connectivity index is 1.69. The molecule has 1 aromatic carbocycles. The minimum absolute atomic E-state index is 0.120. The normalized spacial score (nSPS) is 14.5. The second-order valence-corrected chi connectivity index (χ2v) is 7.38. The van der Waals surface area contributed by atoms with E-state index < -0.39 is 5.91 Å². The maximum atomic E-state index is 11.7. The summed E-state index contributed by atoms with van der Waals surface area (Å²) in [6.45, 7) is 1.57. The van der Waals surface area contributed by atoms with Crippen molar-refractivity contribution in [2.45, 2.75) is 12.8 Å². The summed E-state index contributed by atoms with van der Waals surface area (Å²) in [5.74, 6) is 0.680. The number of para-hydroxylation sites is 1. The van der Waals surface area contributed by atoms with Gasteiger partial charge in [0.1, 0.15) is 12.0 Å². The number of nitrogens with two attached hydrogens (primary N) is 1. The van der Waals surface area contributed by atoms with Crippen LogP contribution in [0.15, 0.2) is 30.5 Å². The number of carbonyl (C=O) groups excluding carboxylic acids is 2. The molecule has 1 fully saturated rings. The number of nitrogens with one attached hydrogen (secondary N) is 2. The van der Waals surface area contributed by atoms with E-state index in [-0.39, 0.29) is 11.6 Å². The summed E-state index contributed by atoms with van der Waals surface area (Å²) < 4.78 is 7.15. The summed E-state index contributed by atoms with van der Waals surface area (Å²) in [4.78, 5) is 29.3. The lowest BCUT2D eigenvalue weighted by atomic mass is 9.98. The van der Waals surface area contributed by atoms with Gasteiger partial charge in [0.05, 0.1) is 30.4 Å². The zero-order valence-electron chi connectivity index (χ0n) is 17.5. The van der Waals surface area contributed by atoms with Crippen LogP contribution in [0.1, 0.15) is 23.3 Å². The van der Waals surface area contributed by atoms with Gasteiger partial charge in [-0.2, -0.15) is 0 Å². The lowest BCUT2D eigenvalue weighted by Crippen LogP contribution is -2.34. The highest BCUT2D eigenvalue weighted by molar-refractivity contribution is 5.92. The van der Waals surface area contributed by atoms with Crippen molar-refractivity contribution in [3.8, 4) is 5.75 Å². The zero-order valence-corrected chi connectivity index (χ0v) is 17.5. The third-order valence-electron chi connectivity index (χ3n) is 5.52. The van der Waals surface area contributed by atoms with Crippen LogP contribution < -0.4 is 26.0 Å². The highest BCUT2D eigenvalue weighted by Crippen LogP contribution is 2.38. The molecule has 0 aliphatic carbocycles. The van der Waals surface area contributed by atoms with Crippen LogP contribution in [0.4, 0.5) is 22.9 Å². The number of carbonyl (C=O) groups is 2. The minimum Gasteiger partial charge on any atom is -0.492 e. The fourth-order valence-electron chi connectivity index (χ4n) is 3.88. The Labute approximate surface area is 179 Å². The summed E-state index contributed by atoms with van der Waals surface area (Å²) in [5.41, 5.74) is 8.52. The van der Waals surface area contributed by atoms with E-state index in [4.69, 9.17) is 10.5 Å². The molecule has 10 nitrogen and oxygen atoms in total. The lowest BCUT2D eigenvalue weighted by molar-refractivity contribution is -0.111. The van der Waals surface area contributed by atoms with Crippen molar-refractivity contribution in [1.29, 1.82) is 0 Å². The summed E-state index contributed by atoms with van der Waals surface area (Å²) >= 11 is 0. The molecule has 162 valence electrons. The third kappa shape index (κ3) is 3.83. The highest BCUT2D eigenvalue weighted by Gasteiger charge is 2.23. The number of methoxy groups -OCH3 is 1. The number of hydrogen-bond acceptors (Lipinski definition) is 8. The van der Waals surface area contributed by atoms with E-state index in [0.29, 0.717) is 22.9 Å². The molecule has 1 aliphatic rings. The third-order valence-corrected chi connectivity index (χ3v) is 5.52. The summed E-state index contributed by atoms with van der Waals surface area (Å²) in [6, 6.07) is 7.64. The molecule has 0 spiro atoms. The van der Waals surface area contributed by atoms with Gasteiger partial charge in [0.25, 0.3) is 5.91 Å². The van der Waals surface area contributed by atoms with Crippen molar-refractivity contribution in [2.75, 3.05) is 42.8 Å². The quantitative estimate of drug-likeness (QED) is 0.493. The molecule has 3 heterocycles. The van der Waals surface area contributed by atoms with Crippen LogP contribution >= 0.6 is 0 Å². The van der Waals surface area contributed by atoms with Gasteiger partial charge in [-0.05, 0) is 25.0 Å². The molecule has 1 aliphatic heterocycles. The molecule has 4 rings (SSSR count).